The van der Waals surface area contributed by atoms with Crippen LogP contribution in [0.4, 0.5) is 4.79 Å². The van der Waals surface area contributed by atoms with Gasteiger partial charge in [0.25, 0.3) is 0 Å². The minimum absolute atomic E-state index is 0.120. The number of carboxylic acids is 1. The molecule has 10 heteroatoms. The van der Waals surface area contributed by atoms with Gasteiger partial charge in [-0.1, -0.05) is 0 Å². The molecule has 0 spiro atoms. The van der Waals surface area contributed by atoms with Crippen LogP contribution >= 0.6 is 0 Å². The predicted octanol–water partition coefficient (Wildman–Crippen LogP) is -1.73. The average molecular weight is 270 g/mol. The van der Waals surface area contributed by atoms with Crippen LogP contribution in [0.1, 0.15) is 12.2 Å². The van der Waals surface area contributed by atoms with Crippen LogP contribution in [0.15, 0.2) is 6.33 Å². The van der Waals surface area contributed by atoms with Gasteiger partial charge >= 0.3 is 12.0 Å². The zero-order valence-electron chi connectivity index (χ0n) is 10.2. The number of urea groups is 1. The fraction of sp³-hybridized carbons (Fsp3) is 0.444. The number of aromatic amines is 1. The van der Waals surface area contributed by atoms with Crippen molar-refractivity contribution in [3.8, 4) is 0 Å². The number of aromatic nitrogens is 3. The van der Waals surface area contributed by atoms with E-state index >= 15 is 0 Å². The number of carbonyl (C=O) groups is 3. The molecular formula is C9H14N6O4. The number of hydrogen-bond acceptors (Lipinski definition) is 5. The molecule has 1 aromatic heterocycles. The van der Waals surface area contributed by atoms with Crippen molar-refractivity contribution in [3.63, 3.8) is 0 Å². The molecular weight excluding hydrogens is 256 g/mol. The lowest BCUT2D eigenvalue weighted by molar-refractivity contribution is -0.140. The van der Waals surface area contributed by atoms with Gasteiger partial charge in [0.2, 0.25) is 5.91 Å². The van der Waals surface area contributed by atoms with Crippen molar-refractivity contribution >= 4 is 17.9 Å². The lowest BCUT2D eigenvalue weighted by atomic mass is 10.2. The molecule has 0 saturated heterocycles. The molecule has 0 aliphatic rings. The van der Waals surface area contributed by atoms with E-state index in [1.807, 2.05) is 0 Å². The number of primary amides is 1. The number of nitrogens with zero attached hydrogens (tertiary/aromatic N) is 3. The van der Waals surface area contributed by atoms with E-state index in [1.54, 1.807) is 0 Å². The monoisotopic (exact) mass is 270 g/mol. The Labute approximate surface area is 108 Å². The van der Waals surface area contributed by atoms with Gasteiger partial charge in [0.05, 0.1) is 13.0 Å². The van der Waals surface area contributed by atoms with E-state index in [-0.39, 0.29) is 6.54 Å². The van der Waals surface area contributed by atoms with E-state index in [9.17, 15) is 14.4 Å². The summed E-state index contributed by atoms with van der Waals surface area (Å²) in [7, 11) is 1.45. The fourth-order valence-corrected chi connectivity index (χ4v) is 1.26. The molecule has 0 fully saturated rings. The molecule has 1 atom stereocenters. The maximum atomic E-state index is 11.7. The Morgan fingerprint density at radius 2 is 2.26 bits per heavy atom. The highest BCUT2D eigenvalue weighted by Gasteiger charge is 2.23. The smallest absolute Gasteiger partial charge is 0.326 e. The molecule has 1 heterocycles. The van der Waals surface area contributed by atoms with Crippen LogP contribution < -0.4 is 11.1 Å². The molecule has 19 heavy (non-hydrogen) atoms. The third-order valence-corrected chi connectivity index (χ3v) is 2.20. The Hall–Kier alpha value is -2.65. The highest BCUT2D eigenvalue weighted by molar-refractivity contribution is 5.87. The molecule has 0 aromatic carbocycles. The maximum absolute atomic E-state index is 11.7. The number of amides is 3. The molecule has 0 saturated carbocycles. The van der Waals surface area contributed by atoms with E-state index in [1.165, 1.54) is 18.3 Å². The van der Waals surface area contributed by atoms with Crippen molar-refractivity contribution in [2.24, 2.45) is 5.73 Å². The van der Waals surface area contributed by atoms with Crippen LogP contribution in [-0.2, 0) is 16.1 Å². The lowest BCUT2D eigenvalue weighted by Crippen LogP contribution is -2.48. The Balaban J connectivity index is 2.56. The van der Waals surface area contributed by atoms with E-state index in [0.717, 1.165) is 0 Å². The number of nitrogens with two attached hydrogens (primary N) is 1. The summed E-state index contributed by atoms with van der Waals surface area (Å²) in [5, 5.41) is 17.2. The van der Waals surface area contributed by atoms with E-state index in [4.69, 9.17) is 10.8 Å². The topological polar surface area (TPSA) is 154 Å². The Kier molecular flexibility index (Phi) is 4.80. The zero-order valence-corrected chi connectivity index (χ0v) is 10.2. The summed E-state index contributed by atoms with van der Waals surface area (Å²) in [6, 6.07) is -2.02. The number of rotatable bonds is 6. The summed E-state index contributed by atoms with van der Waals surface area (Å²) in [5.41, 5.74) is 4.90. The molecule has 1 rings (SSSR count). The van der Waals surface area contributed by atoms with E-state index < -0.39 is 30.4 Å². The normalized spacial score (nSPS) is 11.6. The predicted molar refractivity (Wildman–Crippen MR) is 61.6 cm³/mol. The molecule has 3 amide bonds. The Morgan fingerprint density at radius 3 is 2.74 bits per heavy atom. The molecule has 0 radical (unpaired) electrons. The second-order valence-corrected chi connectivity index (χ2v) is 3.80. The van der Waals surface area contributed by atoms with Crippen LogP contribution in [0, 0.1) is 0 Å². The first-order valence-electron chi connectivity index (χ1n) is 5.27. The molecule has 104 valence electrons. The molecule has 1 aromatic rings. The number of carbonyl (C=O) groups excluding carboxylic acids is 2. The third-order valence-electron chi connectivity index (χ3n) is 2.20. The van der Waals surface area contributed by atoms with Gasteiger partial charge in [-0.15, -0.1) is 0 Å². The number of hydrogen-bond donors (Lipinski definition) is 4. The average Bonchev–Trinajstić information content (AvgIpc) is 2.79. The Morgan fingerprint density at radius 1 is 1.58 bits per heavy atom. The first kappa shape index (κ1) is 14.4. The molecule has 0 aliphatic heterocycles. The number of H-pyrrole nitrogens is 1. The minimum Gasteiger partial charge on any atom is -0.480 e. The number of carboxylic acid groups (broad SMARTS) is 1. The second-order valence-electron chi connectivity index (χ2n) is 3.80. The van der Waals surface area contributed by atoms with Crippen LogP contribution in [0.3, 0.4) is 0 Å². The van der Waals surface area contributed by atoms with Gasteiger partial charge < -0.3 is 21.1 Å². The first-order valence-corrected chi connectivity index (χ1v) is 5.27. The van der Waals surface area contributed by atoms with Crippen LogP contribution in [-0.4, -0.2) is 56.2 Å². The summed E-state index contributed by atoms with van der Waals surface area (Å²) < 4.78 is 0. The van der Waals surface area contributed by atoms with Gasteiger partial charge in [-0.3, -0.25) is 9.89 Å². The van der Waals surface area contributed by atoms with Gasteiger partial charge in [-0.2, -0.15) is 5.10 Å². The van der Waals surface area contributed by atoms with Crippen molar-refractivity contribution in [2.45, 2.75) is 19.0 Å². The van der Waals surface area contributed by atoms with Gasteiger partial charge in [-0.25, -0.2) is 14.6 Å². The molecule has 5 N–H and O–H groups in total. The zero-order chi connectivity index (χ0) is 14.4. The summed E-state index contributed by atoms with van der Waals surface area (Å²) in [5.74, 6) is -1.70. The SMILES string of the molecule is CN(Cc1ncn[nH]1)C(=O)N[C@@H](CC(N)=O)C(=O)O. The minimum atomic E-state index is -1.36. The largest absolute Gasteiger partial charge is 0.480 e. The molecule has 0 aliphatic carbocycles. The Bertz CT molecular complexity index is 459. The van der Waals surface area contributed by atoms with Crippen molar-refractivity contribution in [2.75, 3.05) is 7.05 Å². The quantitative estimate of drug-likeness (QED) is 0.481. The summed E-state index contributed by atoms with van der Waals surface area (Å²) >= 11 is 0. The van der Waals surface area contributed by atoms with Crippen LogP contribution in [0.2, 0.25) is 0 Å². The maximum Gasteiger partial charge on any atom is 0.326 e. The van der Waals surface area contributed by atoms with Gasteiger partial charge in [-0.05, 0) is 0 Å². The van der Waals surface area contributed by atoms with Crippen LogP contribution in [0.5, 0.6) is 0 Å². The van der Waals surface area contributed by atoms with Crippen LogP contribution in [0.25, 0.3) is 0 Å². The summed E-state index contributed by atoms with van der Waals surface area (Å²) in [6.45, 7) is 0.120. The van der Waals surface area contributed by atoms with Gasteiger partial charge in [0, 0.05) is 7.05 Å². The third kappa shape index (κ3) is 4.61. The summed E-state index contributed by atoms with van der Waals surface area (Å²) in [6.07, 6.45) is 0.811. The number of nitrogens with one attached hydrogen (secondary N) is 2. The van der Waals surface area contributed by atoms with Gasteiger partial charge in [0.15, 0.2) is 0 Å². The molecule has 10 nitrogen and oxygen atoms in total. The van der Waals surface area contributed by atoms with Gasteiger partial charge in [0.1, 0.15) is 18.2 Å². The van der Waals surface area contributed by atoms with Crippen molar-refractivity contribution < 1.29 is 19.5 Å². The fourth-order valence-electron chi connectivity index (χ4n) is 1.26. The van der Waals surface area contributed by atoms with Crippen molar-refractivity contribution in [1.29, 1.82) is 0 Å². The first-order chi connectivity index (χ1) is 8.90. The van der Waals surface area contributed by atoms with Crippen molar-refractivity contribution in [3.05, 3.63) is 12.2 Å². The van der Waals surface area contributed by atoms with Crippen molar-refractivity contribution in [1.82, 2.24) is 25.4 Å². The standard InChI is InChI=1S/C9H14N6O4/c1-15(3-7-11-4-12-14-7)9(19)13-5(8(17)18)2-6(10)16/h4-5H,2-3H2,1H3,(H2,10,16)(H,13,19)(H,17,18)(H,11,12,14)/t5-/m0/s1. The molecule has 0 unspecified atom stereocenters. The lowest BCUT2D eigenvalue weighted by Gasteiger charge is -2.19. The second kappa shape index (κ2) is 6.33. The highest BCUT2D eigenvalue weighted by atomic mass is 16.4. The van der Waals surface area contributed by atoms with E-state index in [2.05, 4.69) is 20.5 Å². The highest BCUT2D eigenvalue weighted by Crippen LogP contribution is 1.98. The van der Waals surface area contributed by atoms with E-state index in [0.29, 0.717) is 5.82 Å². The molecule has 0 bridgehead atoms. The number of aliphatic carboxylic acids is 1. The summed E-state index contributed by atoms with van der Waals surface area (Å²) in [4.78, 5) is 38.3.